The number of nitrogens with one attached hydrogen (secondary N) is 2. The van der Waals surface area contributed by atoms with E-state index in [-0.39, 0.29) is 66.3 Å². The number of carbonyl (C=O) groups is 2. The molecule has 1 saturated carbocycles. The number of fused-ring (bicyclic) bond motifs is 10. The number of Topliss-reactive ketones (excluding diaryl/α,β-unsaturated/α-hetero) is 1. The van der Waals surface area contributed by atoms with Gasteiger partial charge in [0.25, 0.3) is 5.91 Å². The van der Waals surface area contributed by atoms with Crippen molar-refractivity contribution < 1.29 is 58.4 Å². The fourth-order valence-corrected chi connectivity index (χ4v) is 11.5. The third kappa shape index (κ3) is 7.83. The molecule has 1 aromatic heterocycles. The minimum Gasteiger partial charge on any atom is -0.506 e. The second-order valence-corrected chi connectivity index (χ2v) is 19.3. The lowest BCUT2D eigenvalue weighted by molar-refractivity contribution is -0.328. The average Bonchev–Trinajstić information content (AvgIpc) is 4.10. The van der Waals surface area contributed by atoms with Crippen LogP contribution in [0.15, 0.2) is 60.8 Å². The van der Waals surface area contributed by atoms with Gasteiger partial charge in [-0.2, -0.15) is 0 Å². The zero-order chi connectivity index (χ0) is 48.3. The molecule has 8 atom stereocenters. The molecule has 4 aliphatic heterocycles. The van der Waals surface area contributed by atoms with Gasteiger partial charge in [-0.05, 0) is 102 Å². The molecule has 2 fully saturated rings. The lowest BCUT2D eigenvalue weighted by atomic mass is 9.75. The highest BCUT2D eigenvalue weighted by Crippen LogP contribution is 2.55. The topological polar surface area (TPSA) is 202 Å². The van der Waals surface area contributed by atoms with E-state index in [0.29, 0.717) is 46.5 Å². The Hall–Kier alpha value is -6.22. The third-order valence-corrected chi connectivity index (χ3v) is 15.2. The number of aliphatic hydroxyl groups is 3. The highest BCUT2D eigenvalue weighted by Gasteiger charge is 2.59. The van der Waals surface area contributed by atoms with Gasteiger partial charge >= 0.3 is 0 Å². The smallest absolute Gasteiger partial charge is 0.254 e. The molecule has 2 aliphatic carbocycles. The number of unbranched alkanes of at least 4 members (excludes halogenated alkanes) is 1. The van der Waals surface area contributed by atoms with Crippen LogP contribution < -0.4 is 14.8 Å². The summed E-state index contributed by atoms with van der Waals surface area (Å²) in [5, 5.41) is 54.0. The maximum atomic E-state index is 15.2. The number of aromatic hydroxyl groups is 1. The van der Waals surface area contributed by atoms with Crippen LogP contribution in [0.5, 0.6) is 17.2 Å². The summed E-state index contributed by atoms with van der Waals surface area (Å²) in [7, 11) is 3.22. The molecule has 70 heavy (non-hydrogen) atoms. The van der Waals surface area contributed by atoms with Gasteiger partial charge in [-0.3, -0.25) is 9.59 Å². The van der Waals surface area contributed by atoms with Crippen LogP contribution in [0, 0.1) is 17.9 Å². The fraction of sp³-hybridized carbons (Fsp3) is 0.418. The van der Waals surface area contributed by atoms with Crippen LogP contribution in [0.2, 0.25) is 0 Å². The lowest BCUT2D eigenvalue weighted by Gasteiger charge is -2.47. The first-order valence-electron chi connectivity index (χ1n) is 24.2. The van der Waals surface area contributed by atoms with E-state index >= 15 is 4.79 Å². The number of ketones is 1. The van der Waals surface area contributed by atoms with Gasteiger partial charge in [-0.25, -0.2) is 0 Å². The van der Waals surface area contributed by atoms with Crippen molar-refractivity contribution in [3.8, 4) is 29.3 Å². The Morgan fingerprint density at radius 1 is 1.03 bits per heavy atom. The second kappa shape index (κ2) is 18.8. The van der Waals surface area contributed by atoms with Crippen LogP contribution >= 0.6 is 0 Å². The summed E-state index contributed by atoms with van der Waals surface area (Å²) < 4.78 is 37.5. The highest BCUT2D eigenvalue weighted by molar-refractivity contribution is 6.14. The summed E-state index contributed by atoms with van der Waals surface area (Å²) in [6, 6.07) is 13.3. The van der Waals surface area contributed by atoms with Crippen molar-refractivity contribution in [2.75, 3.05) is 47.1 Å². The molecular formula is C55H57N3O12. The van der Waals surface area contributed by atoms with Crippen LogP contribution in [0.3, 0.4) is 0 Å². The molecule has 11 rings (SSSR count). The zero-order valence-corrected chi connectivity index (χ0v) is 39.2. The van der Waals surface area contributed by atoms with E-state index in [2.05, 4.69) is 40.5 Å². The van der Waals surface area contributed by atoms with E-state index in [1.165, 1.54) is 12.0 Å². The number of hydrogen-bond acceptors (Lipinski definition) is 13. The molecule has 5 heterocycles. The zero-order valence-electron chi connectivity index (χ0n) is 39.2. The van der Waals surface area contributed by atoms with Crippen molar-refractivity contribution in [1.82, 2.24) is 15.2 Å². The molecule has 6 aliphatic rings. The number of aromatic nitrogens is 1. The number of H-pyrrole nitrogens is 1. The first-order valence-corrected chi connectivity index (χ1v) is 24.2. The molecule has 1 saturated heterocycles. The molecule has 6 N–H and O–H groups in total. The predicted molar refractivity (Wildman–Crippen MR) is 259 cm³/mol. The summed E-state index contributed by atoms with van der Waals surface area (Å²) >= 11 is 0. The van der Waals surface area contributed by atoms with Gasteiger partial charge in [0.15, 0.2) is 17.5 Å². The number of amides is 1. The van der Waals surface area contributed by atoms with Crippen molar-refractivity contribution >= 4 is 45.5 Å². The predicted octanol–water partition coefficient (Wildman–Crippen LogP) is 6.18. The van der Waals surface area contributed by atoms with Gasteiger partial charge in [-0.1, -0.05) is 48.8 Å². The number of ether oxygens (including phenoxy) is 6. The maximum Gasteiger partial charge on any atom is 0.254 e. The summed E-state index contributed by atoms with van der Waals surface area (Å²) in [5.74, 6) is 2.22. The van der Waals surface area contributed by atoms with Gasteiger partial charge in [0.2, 0.25) is 6.29 Å². The fourth-order valence-electron chi connectivity index (χ4n) is 11.5. The Bertz CT molecular complexity index is 3020. The first-order chi connectivity index (χ1) is 34.1. The van der Waals surface area contributed by atoms with Crippen molar-refractivity contribution in [2.24, 2.45) is 5.92 Å². The van der Waals surface area contributed by atoms with Crippen LogP contribution in [0.4, 0.5) is 0 Å². The number of phenolic OH excluding ortho intramolecular Hbond substituents is 1. The molecular weight excluding hydrogens is 895 g/mol. The van der Waals surface area contributed by atoms with E-state index in [9.17, 15) is 25.2 Å². The quantitative estimate of drug-likeness (QED) is 0.0686. The Labute approximate surface area is 405 Å². The summed E-state index contributed by atoms with van der Waals surface area (Å²) in [6.07, 6.45) is 9.93. The second-order valence-electron chi connectivity index (χ2n) is 19.3. The lowest BCUT2D eigenvalue weighted by Crippen LogP contribution is -2.70. The minimum absolute atomic E-state index is 0.0346. The molecule has 364 valence electrons. The number of benzene rings is 4. The Morgan fingerprint density at radius 3 is 2.74 bits per heavy atom. The van der Waals surface area contributed by atoms with Gasteiger partial charge < -0.3 is 64.0 Å². The normalized spacial score (nSPS) is 26.7. The molecule has 4 aromatic carbocycles. The summed E-state index contributed by atoms with van der Waals surface area (Å²) in [5.41, 5.74) is 3.94. The van der Waals surface area contributed by atoms with E-state index in [0.717, 1.165) is 71.8 Å². The molecule has 8 unspecified atom stereocenters. The number of hydrogen-bond donors (Lipinski definition) is 6. The van der Waals surface area contributed by atoms with E-state index in [1.807, 2.05) is 36.5 Å². The van der Waals surface area contributed by atoms with Gasteiger partial charge in [0.1, 0.15) is 41.7 Å². The number of aliphatic hydroxyl groups excluding tert-OH is 2. The van der Waals surface area contributed by atoms with Gasteiger partial charge in [0, 0.05) is 66.8 Å². The van der Waals surface area contributed by atoms with Crippen molar-refractivity contribution in [3.05, 3.63) is 111 Å². The average molecular weight is 952 g/mol. The van der Waals surface area contributed by atoms with Crippen molar-refractivity contribution in [2.45, 2.75) is 93.8 Å². The molecule has 15 heteroatoms. The Balaban J connectivity index is 1.12. The van der Waals surface area contributed by atoms with E-state index < -0.39 is 48.7 Å². The van der Waals surface area contributed by atoms with Crippen LogP contribution in [0.25, 0.3) is 33.8 Å². The number of nitrogens with zero attached hydrogens (tertiary/aromatic N) is 1. The summed E-state index contributed by atoms with van der Waals surface area (Å²) in [6.45, 7) is 0.784. The molecule has 8 bridgehead atoms. The molecule has 0 radical (unpaired) electrons. The molecule has 0 spiro atoms. The van der Waals surface area contributed by atoms with E-state index in [4.69, 9.17) is 28.4 Å². The number of carbonyl (C=O) groups excluding carboxylic acids is 2. The standard InChI is InChI=1S/C55H57N3O12/c1-65-20-4-3-19-56-24-30-13-17-41-37(22-30)39(25-57-41)43-18-16-36-44(66-2)23-38-34-15-14-32-9-5-11-33(32)46(34)48-42(60)27-58-26-40-31(8-6-12-35(40)53(58)63)10-7-21-67-52-49(61)45(28-68-43)69-54(55(52,64)29-59)70-51(36)47(38)50(48)62/h6,8,12-18,22-23,25,32-33,43,45,49,52,54,56-57,59,61-62,64H,3-5,9-11,19-20,24,26-29H2,1-2H3. The highest BCUT2D eigenvalue weighted by atomic mass is 16.7. The van der Waals surface area contributed by atoms with Crippen LogP contribution in [-0.2, 0) is 38.5 Å². The van der Waals surface area contributed by atoms with Crippen molar-refractivity contribution in [3.63, 3.8) is 0 Å². The molecule has 15 nitrogen and oxygen atoms in total. The Morgan fingerprint density at radius 2 is 1.90 bits per heavy atom. The molecule has 5 aromatic rings. The summed E-state index contributed by atoms with van der Waals surface area (Å²) in [4.78, 5) is 34.1. The SMILES string of the molecule is COCCCCNCc1ccc2[nH]cc(C3C=Cc4c(OC)cc5c6c(c7c(O)c5c4OC4OC(CO3)C(O)C(OC#CCc3cccc5c3CN(CC7=O)C5=O)C4(O)CO)C3CCCC3C=C6)c2c1. The number of aromatic amines is 1. The first kappa shape index (κ1) is 46.2. The Kier molecular flexibility index (Phi) is 12.4. The van der Waals surface area contributed by atoms with Gasteiger partial charge in [0.05, 0.1) is 43.4 Å². The largest absolute Gasteiger partial charge is 0.506 e. The number of rotatable bonds is 10. The monoisotopic (exact) mass is 951 g/mol. The third-order valence-electron chi connectivity index (χ3n) is 15.2. The molecule has 1 amide bonds. The van der Waals surface area contributed by atoms with Crippen molar-refractivity contribution in [1.29, 1.82) is 0 Å². The maximum absolute atomic E-state index is 15.2. The number of phenols is 1. The van der Waals surface area contributed by atoms with Crippen LogP contribution in [0.1, 0.15) is 104 Å². The minimum atomic E-state index is -2.47. The van der Waals surface area contributed by atoms with Gasteiger partial charge in [-0.15, -0.1) is 0 Å². The van der Waals surface area contributed by atoms with Crippen LogP contribution in [-0.4, -0.2) is 119 Å². The van der Waals surface area contributed by atoms with E-state index in [1.54, 1.807) is 25.3 Å². The number of allylic oxidation sites excluding steroid dienone is 1. The number of methoxy groups -OCH3 is 2.